The van der Waals surface area contributed by atoms with E-state index in [1.54, 1.807) is 27.7 Å². The number of aromatic amines is 1. The van der Waals surface area contributed by atoms with Crippen LogP contribution in [-0.2, 0) is 30.4 Å². The highest BCUT2D eigenvalue weighted by molar-refractivity contribution is 5.94. The van der Waals surface area contributed by atoms with Crippen LogP contribution in [0.5, 0.6) is 0 Å². The lowest BCUT2D eigenvalue weighted by Gasteiger charge is -2.27. The Morgan fingerprint density at radius 2 is 1.63 bits per heavy atom. The van der Waals surface area contributed by atoms with E-state index in [1.165, 1.54) is 12.5 Å². The van der Waals surface area contributed by atoms with Gasteiger partial charge in [-0.3, -0.25) is 19.2 Å². The summed E-state index contributed by atoms with van der Waals surface area (Å²) >= 11 is 0. The molecule has 3 amide bonds. The first-order valence-corrected chi connectivity index (χ1v) is 11.5. The molecule has 0 aliphatic rings. The number of hydrogen-bond donors (Lipinski definition) is 7. The van der Waals surface area contributed by atoms with Crippen molar-refractivity contribution in [2.75, 3.05) is 0 Å². The summed E-state index contributed by atoms with van der Waals surface area (Å²) in [7, 11) is 0. The average molecular weight is 497 g/mol. The monoisotopic (exact) mass is 496 g/mol. The van der Waals surface area contributed by atoms with Crippen LogP contribution in [0.1, 0.15) is 52.7 Å². The SMILES string of the molecule is CCC(C)C(NC(=O)C(CCC(=O)O)NC(=O)C(NC(=O)C(N)Cc1cnc[nH]1)C(C)C)C(=O)O. The Balaban J connectivity index is 2.96. The first kappa shape index (κ1) is 29.6. The summed E-state index contributed by atoms with van der Waals surface area (Å²) in [6, 6.07) is -4.57. The molecular weight excluding hydrogens is 460 g/mol. The quantitative estimate of drug-likeness (QED) is 0.164. The van der Waals surface area contributed by atoms with Crippen molar-refractivity contribution in [3.8, 4) is 0 Å². The summed E-state index contributed by atoms with van der Waals surface area (Å²) < 4.78 is 0. The number of hydrogen-bond acceptors (Lipinski definition) is 7. The van der Waals surface area contributed by atoms with E-state index in [4.69, 9.17) is 10.8 Å². The molecule has 0 radical (unpaired) electrons. The molecule has 13 heteroatoms. The number of rotatable bonds is 15. The molecule has 1 aromatic heterocycles. The van der Waals surface area contributed by atoms with Gasteiger partial charge in [0.15, 0.2) is 0 Å². The molecule has 1 rings (SSSR count). The van der Waals surface area contributed by atoms with Gasteiger partial charge in [-0.15, -0.1) is 0 Å². The van der Waals surface area contributed by atoms with E-state index in [0.29, 0.717) is 12.1 Å². The fourth-order valence-corrected chi connectivity index (χ4v) is 3.26. The fraction of sp³-hybridized carbons (Fsp3) is 0.636. The van der Waals surface area contributed by atoms with Crippen LogP contribution >= 0.6 is 0 Å². The zero-order chi connectivity index (χ0) is 26.7. The third-order valence-electron chi connectivity index (χ3n) is 5.64. The zero-order valence-electron chi connectivity index (χ0n) is 20.4. The van der Waals surface area contributed by atoms with E-state index in [0.717, 1.165) is 0 Å². The van der Waals surface area contributed by atoms with Crippen molar-refractivity contribution < 1.29 is 34.2 Å². The molecule has 8 N–H and O–H groups in total. The maximum atomic E-state index is 13.0. The molecular formula is C22H36N6O7. The largest absolute Gasteiger partial charge is 0.481 e. The molecule has 35 heavy (non-hydrogen) atoms. The van der Waals surface area contributed by atoms with Crippen molar-refractivity contribution in [3.05, 3.63) is 18.2 Å². The number of imidazole rings is 1. The van der Waals surface area contributed by atoms with Crippen LogP contribution < -0.4 is 21.7 Å². The van der Waals surface area contributed by atoms with Gasteiger partial charge < -0.3 is 36.9 Å². The molecule has 0 aromatic carbocycles. The summed E-state index contributed by atoms with van der Waals surface area (Å²) in [4.78, 5) is 67.8. The molecule has 0 saturated carbocycles. The lowest BCUT2D eigenvalue weighted by molar-refractivity contribution is -0.144. The molecule has 0 fully saturated rings. The van der Waals surface area contributed by atoms with Gasteiger partial charge in [0.05, 0.1) is 12.4 Å². The third kappa shape index (κ3) is 9.73. The smallest absolute Gasteiger partial charge is 0.326 e. The van der Waals surface area contributed by atoms with Crippen molar-refractivity contribution >= 4 is 29.7 Å². The second kappa shape index (κ2) is 14.0. The highest BCUT2D eigenvalue weighted by atomic mass is 16.4. The Morgan fingerprint density at radius 1 is 1.00 bits per heavy atom. The highest BCUT2D eigenvalue weighted by Crippen LogP contribution is 2.10. The number of carbonyl (C=O) groups excluding carboxylic acids is 3. The fourth-order valence-electron chi connectivity index (χ4n) is 3.26. The lowest BCUT2D eigenvalue weighted by atomic mass is 9.98. The number of nitrogens with zero attached hydrogens (tertiary/aromatic N) is 1. The predicted octanol–water partition coefficient (Wildman–Crippen LogP) is -0.615. The van der Waals surface area contributed by atoms with Gasteiger partial charge in [0.2, 0.25) is 17.7 Å². The van der Waals surface area contributed by atoms with E-state index in [-0.39, 0.29) is 12.8 Å². The first-order valence-electron chi connectivity index (χ1n) is 11.5. The minimum atomic E-state index is -1.32. The molecule has 13 nitrogen and oxygen atoms in total. The van der Waals surface area contributed by atoms with Gasteiger partial charge in [0.1, 0.15) is 18.1 Å². The van der Waals surface area contributed by atoms with Gasteiger partial charge in [-0.05, 0) is 18.3 Å². The van der Waals surface area contributed by atoms with Crippen LogP contribution in [0.25, 0.3) is 0 Å². The molecule has 5 unspecified atom stereocenters. The van der Waals surface area contributed by atoms with Crippen molar-refractivity contribution in [3.63, 3.8) is 0 Å². The van der Waals surface area contributed by atoms with Crippen molar-refractivity contribution in [2.45, 2.75) is 77.5 Å². The molecule has 1 aromatic rings. The summed E-state index contributed by atoms with van der Waals surface area (Å²) in [6.07, 6.45) is 2.90. The van der Waals surface area contributed by atoms with Crippen LogP contribution in [0.15, 0.2) is 12.5 Å². The molecule has 0 saturated heterocycles. The molecule has 5 atom stereocenters. The Bertz CT molecular complexity index is 874. The Labute approximate surface area is 203 Å². The molecule has 0 spiro atoms. The van der Waals surface area contributed by atoms with Crippen molar-refractivity contribution in [1.82, 2.24) is 25.9 Å². The zero-order valence-corrected chi connectivity index (χ0v) is 20.4. The van der Waals surface area contributed by atoms with Gasteiger partial charge in [-0.25, -0.2) is 9.78 Å². The van der Waals surface area contributed by atoms with E-state index >= 15 is 0 Å². The molecule has 0 aliphatic carbocycles. The number of amides is 3. The second-order valence-electron chi connectivity index (χ2n) is 8.82. The van der Waals surface area contributed by atoms with Crippen LogP contribution in [0.4, 0.5) is 0 Å². The number of carboxylic acids is 2. The van der Waals surface area contributed by atoms with Gasteiger partial charge in [0.25, 0.3) is 0 Å². The van der Waals surface area contributed by atoms with Gasteiger partial charge >= 0.3 is 11.9 Å². The molecule has 0 aliphatic heterocycles. The number of aromatic nitrogens is 2. The van der Waals surface area contributed by atoms with E-state index < -0.39 is 72.1 Å². The maximum Gasteiger partial charge on any atom is 0.326 e. The summed E-state index contributed by atoms with van der Waals surface area (Å²) in [5.74, 6) is -5.36. The normalized spacial score (nSPS) is 15.4. The molecule has 0 bridgehead atoms. The van der Waals surface area contributed by atoms with Crippen LogP contribution in [0.3, 0.4) is 0 Å². The Kier molecular flexibility index (Phi) is 11.9. The third-order valence-corrected chi connectivity index (χ3v) is 5.64. The standard InChI is InChI=1S/C22H36N6O7/c1-5-12(4)18(22(34)35)28-20(32)15(6-7-16(29)30)26-21(33)17(11(2)3)27-19(31)14(23)8-13-9-24-10-25-13/h9-12,14-15,17-18H,5-8,23H2,1-4H3,(H,24,25)(H,26,33)(H,27,31)(H,28,32)(H,29,30)(H,34,35). The summed E-state index contributed by atoms with van der Waals surface area (Å²) in [5, 5.41) is 25.9. The summed E-state index contributed by atoms with van der Waals surface area (Å²) in [6.45, 7) is 6.78. The van der Waals surface area contributed by atoms with Gasteiger partial charge in [-0.1, -0.05) is 34.1 Å². The second-order valence-corrected chi connectivity index (χ2v) is 8.82. The van der Waals surface area contributed by atoms with Crippen LogP contribution in [0, 0.1) is 11.8 Å². The first-order chi connectivity index (χ1) is 16.4. The van der Waals surface area contributed by atoms with Crippen LogP contribution in [-0.4, -0.2) is 74.0 Å². The predicted molar refractivity (Wildman–Crippen MR) is 125 cm³/mol. The molecule has 1 heterocycles. The highest BCUT2D eigenvalue weighted by Gasteiger charge is 2.33. The minimum absolute atomic E-state index is 0.161. The van der Waals surface area contributed by atoms with Crippen LogP contribution in [0.2, 0.25) is 0 Å². The number of carboxylic acid groups (broad SMARTS) is 2. The number of H-pyrrole nitrogens is 1. The molecule has 196 valence electrons. The average Bonchev–Trinajstić information content (AvgIpc) is 3.29. The topological polar surface area (TPSA) is 217 Å². The number of aliphatic carboxylic acids is 2. The number of nitrogens with two attached hydrogens (primary N) is 1. The Hall–Kier alpha value is -3.48. The lowest BCUT2D eigenvalue weighted by Crippen LogP contribution is -2.59. The van der Waals surface area contributed by atoms with Gasteiger partial charge in [-0.2, -0.15) is 0 Å². The van der Waals surface area contributed by atoms with Crippen molar-refractivity contribution in [1.29, 1.82) is 0 Å². The maximum absolute atomic E-state index is 13.0. The number of carbonyl (C=O) groups is 5. The van der Waals surface area contributed by atoms with E-state index in [9.17, 15) is 29.1 Å². The summed E-state index contributed by atoms with van der Waals surface area (Å²) in [5.41, 5.74) is 6.57. The van der Waals surface area contributed by atoms with E-state index in [1.807, 2.05) is 0 Å². The number of nitrogens with one attached hydrogen (secondary N) is 4. The minimum Gasteiger partial charge on any atom is -0.481 e. The van der Waals surface area contributed by atoms with Crippen molar-refractivity contribution in [2.24, 2.45) is 17.6 Å². The van der Waals surface area contributed by atoms with Gasteiger partial charge in [0, 0.05) is 24.7 Å². The van der Waals surface area contributed by atoms with E-state index in [2.05, 4.69) is 25.9 Å². The Morgan fingerprint density at radius 3 is 2.11 bits per heavy atom.